The Morgan fingerprint density at radius 1 is 1.36 bits per heavy atom. The molecule has 1 N–H and O–H groups in total. The summed E-state index contributed by atoms with van der Waals surface area (Å²) < 4.78 is 14.5. The lowest BCUT2D eigenvalue weighted by Crippen LogP contribution is -2.01. The first-order valence-electron chi connectivity index (χ1n) is 3.61. The Morgan fingerprint density at radius 3 is 2.43 bits per heavy atom. The van der Waals surface area contributed by atoms with Gasteiger partial charge in [-0.2, -0.15) is 0 Å². The standard InChI is InChI=1S/C8H7Cl3FNS/c1-14-13-7-3-2-5(4-6(7)12)8(9,10)11/h2-4,13H,1H3. The van der Waals surface area contributed by atoms with Crippen LogP contribution in [0.5, 0.6) is 0 Å². The van der Waals surface area contributed by atoms with Crippen molar-refractivity contribution in [2.75, 3.05) is 11.0 Å². The Morgan fingerprint density at radius 2 is 2.00 bits per heavy atom. The normalized spacial score (nSPS) is 11.5. The largest absolute Gasteiger partial charge is 0.328 e. The van der Waals surface area contributed by atoms with E-state index in [1.165, 1.54) is 24.1 Å². The van der Waals surface area contributed by atoms with E-state index in [1.807, 2.05) is 0 Å². The van der Waals surface area contributed by atoms with Gasteiger partial charge in [0.05, 0.1) is 5.69 Å². The first kappa shape index (κ1) is 12.2. The van der Waals surface area contributed by atoms with E-state index in [0.29, 0.717) is 11.3 Å². The molecule has 0 heterocycles. The summed E-state index contributed by atoms with van der Waals surface area (Å²) in [6.07, 6.45) is 1.79. The quantitative estimate of drug-likeness (QED) is 0.636. The fourth-order valence-electron chi connectivity index (χ4n) is 0.884. The predicted octanol–water partition coefficient (Wildman–Crippen LogP) is 4.34. The maximum atomic E-state index is 13.3. The first-order chi connectivity index (χ1) is 6.45. The first-order valence-corrected chi connectivity index (χ1v) is 5.96. The minimum Gasteiger partial charge on any atom is -0.328 e. The third-order valence-electron chi connectivity index (χ3n) is 1.51. The molecule has 1 nitrogen and oxygen atoms in total. The van der Waals surface area contributed by atoms with E-state index in [2.05, 4.69) is 4.72 Å². The molecule has 1 aromatic carbocycles. The Hall–Kier alpha value is 0.170. The Balaban J connectivity index is 3.01. The van der Waals surface area contributed by atoms with Crippen molar-refractivity contribution in [2.45, 2.75) is 3.79 Å². The van der Waals surface area contributed by atoms with Gasteiger partial charge in [0.15, 0.2) is 0 Å². The average molecular weight is 275 g/mol. The van der Waals surface area contributed by atoms with E-state index in [1.54, 1.807) is 12.3 Å². The third kappa shape index (κ3) is 3.09. The van der Waals surface area contributed by atoms with Crippen LogP contribution in [0, 0.1) is 5.82 Å². The molecular weight excluding hydrogens is 268 g/mol. The number of nitrogens with one attached hydrogen (secondary N) is 1. The minimum atomic E-state index is -1.58. The van der Waals surface area contributed by atoms with Crippen LogP contribution >= 0.6 is 46.8 Å². The topological polar surface area (TPSA) is 12.0 Å². The molecule has 0 aromatic heterocycles. The number of benzene rings is 1. The highest BCUT2D eigenvalue weighted by Gasteiger charge is 2.23. The summed E-state index contributed by atoms with van der Waals surface area (Å²) in [5.74, 6) is -0.442. The summed E-state index contributed by atoms with van der Waals surface area (Å²) in [5, 5.41) is 0. The zero-order valence-electron chi connectivity index (χ0n) is 7.15. The van der Waals surface area contributed by atoms with Gasteiger partial charge in [-0.15, -0.1) is 0 Å². The molecule has 1 rings (SSSR count). The molecular formula is C8H7Cl3FNS. The Kier molecular flexibility index (Phi) is 4.19. The summed E-state index contributed by atoms with van der Waals surface area (Å²) in [4.78, 5) is 0. The maximum absolute atomic E-state index is 13.3. The molecule has 14 heavy (non-hydrogen) atoms. The van der Waals surface area contributed by atoms with Gasteiger partial charge >= 0.3 is 0 Å². The number of alkyl halides is 3. The number of hydrogen-bond acceptors (Lipinski definition) is 2. The molecule has 0 aliphatic rings. The molecule has 0 amide bonds. The fourth-order valence-corrected chi connectivity index (χ4v) is 1.62. The van der Waals surface area contributed by atoms with Gasteiger partial charge in [-0.25, -0.2) is 4.39 Å². The summed E-state index contributed by atoms with van der Waals surface area (Å²) in [6, 6.07) is 4.29. The number of hydrogen-bond donors (Lipinski definition) is 1. The number of anilines is 1. The molecule has 0 bridgehead atoms. The lowest BCUT2D eigenvalue weighted by atomic mass is 10.2. The van der Waals surface area contributed by atoms with Crippen LogP contribution in [-0.2, 0) is 3.79 Å². The third-order valence-corrected chi connectivity index (χ3v) is 2.59. The van der Waals surface area contributed by atoms with Crippen LogP contribution in [0.15, 0.2) is 18.2 Å². The van der Waals surface area contributed by atoms with Crippen molar-refractivity contribution in [2.24, 2.45) is 0 Å². The van der Waals surface area contributed by atoms with E-state index in [-0.39, 0.29) is 0 Å². The van der Waals surface area contributed by atoms with Gasteiger partial charge in [-0.05, 0) is 12.1 Å². The monoisotopic (exact) mass is 273 g/mol. The zero-order valence-corrected chi connectivity index (χ0v) is 10.2. The zero-order chi connectivity index (χ0) is 10.8. The molecule has 0 saturated carbocycles. The van der Waals surface area contributed by atoms with Crippen molar-refractivity contribution in [3.63, 3.8) is 0 Å². The summed E-state index contributed by atoms with van der Waals surface area (Å²) in [5.41, 5.74) is 0.683. The molecule has 0 atom stereocenters. The smallest absolute Gasteiger partial charge is 0.216 e. The van der Waals surface area contributed by atoms with Gasteiger partial charge in [0.1, 0.15) is 5.82 Å². The highest BCUT2D eigenvalue weighted by molar-refractivity contribution is 7.99. The highest BCUT2D eigenvalue weighted by atomic mass is 35.6. The maximum Gasteiger partial charge on any atom is 0.216 e. The van der Waals surface area contributed by atoms with E-state index in [4.69, 9.17) is 34.8 Å². The molecule has 0 aliphatic carbocycles. The molecule has 0 saturated heterocycles. The molecule has 0 unspecified atom stereocenters. The second kappa shape index (κ2) is 4.79. The second-order valence-corrected chi connectivity index (χ2v) is 5.39. The van der Waals surface area contributed by atoms with Crippen LogP contribution < -0.4 is 4.72 Å². The van der Waals surface area contributed by atoms with Crippen molar-refractivity contribution in [1.29, 1.82) is 0 Å². The van der Waals surface area contributed by atoms with Gasteiger partial charge in [0.25, 0.3) is 0 Å². The second-order valence-electron chi connectivity index (χ2n) is 2.50. The highest BCUT2D eigenvalue weighted by Crippen LogP contribution is 2.39. The van der Waals surface area contributed by atoms with Crippen LogP contribution in [0.2, 0.25) is 0 Å². The molecule has 0 fully saturated rings. The molecule has 0 aliphatic heterocycles. The SMILES string of the molecule is CSNc1ccc(C(Cl)(Cl)Cl)cc1F. The van der Waals surface area contributed by atoms with Crippen LogP contribution in [-0.4, -0.2) is 6.26 Å². The van der Waals surface area contributed by atoms with Gasteiger partial charge in [0, 0.05) is 11.8 Å². The van der Waals surface area contributed by atoms with Crippen LogP contribution in [0.3, 0.4) is 0 Å². The van der Waals surface area contributed by atoms with Crippen LogP contribution in [0.4, 0.5) is 10.1 Å². The number of rotatable bonds is 2. The molecule has 78 valence electrons. The van der Waals surface area contributed by atoms with E-state index in [0.717, 1.165) is 0 Å². The van der Waals surface area contributed by atoms with Crippen molar-refractivity contribution in [3.8, 4) is 0 Å². The summed E-state index contributed by atoms with van der Waals surface area (Å²) in [7, 11) is 0. The van der Waals surface area contributed by atoms with Crippen molar-refractivity contribution >= 4 is 52.4 Å². The average Bonchev–Trinajstić information content (AvgIpc) is 2.07. The minimum absolute atomic E-state index is 0.312. The lowest BCUT2D eigenvalue weighted by Gasteiger charge is -2.12. The van der Waals surface area contributed by atoms with E-state index < -0.39 is 9.61 Å². The molecule has 6 heteroatoms. The van der Waals surface area contributed by atoms with E-state index in [9.17, 15) is 4.39 Å². The lowest BCUT2D eigenvalue weighted by molar-refractivity contribution is 0.630. The molecule has 0 spiro atoms. The fraction of sp³-hybridized carbons (Fsp3) is 0.250. The van der Waals surface area contributed by atoms with Gasteiger partial charge in [0.2, 0.25) is 3.79 Å². The van der Waals surface area contributed by atoms with Crippen LogP contribution in [0.25, 0.3) is 0 Å². The van der Waals surface area contributed by atoms with Crippen molar-refractivity contribution < 1.29 is 4.39 Å². The number of halogens is 4. The van der Waals surface area contributed by atoms with Gasteiger partial charge in [-0.1, -0.05) is 52.8 Å². The summed E-state index contributed by atoms with van der Waals surface area (Å²) >= 11 is 18.1. The van der Waals surface area contributed by atoms with Gasteiger partial charge < -0.3 is 4.72 Å². The van der Waals surface area contributed by atoms with Crippen LogP contribution in [0.1, 0.15) is 5.56 Å². The predicted molar refractivity (Wildman–Crippen MR) is 62.8 cm³/mol. The van der Waals surface area contributed by atoms with Gasteiger partial charge in [-0.3, -0.25) is 0 Å². The van der Waals surface area contributed by atoms with Crippen molar-refractivity contribution in [1.82, 2.24) is 0 Å². The Bertz CT molecular complexity index is 327. The molecule has 1 aromatic rings. The van der Waals surface area contributed by atoms with E-state index >= 15 is 0 Å². The molecule has 0 radical (unpaired) electrons. The van der Waals surface area contributed by atoms with Crippen molar-refractivity contribution in [3.05, 3.63) is 29.6 Å². The summed E-state index contributed by atoms with van der Waals surface area (Å²) in [6.45, 7) is 0. The Labute approximate surface area is 101 Å².